The highest BCUT2D eigenvalue weighted by Gasteiger charge is 2.19. The third-order valence-electron chi connectivity index (χ3n) is 5.87. The summed E-state index contributed by atoms with van der Waals surface area (Å²) < 4.78 is 1.95. The summed E-state index contributed by atoms with van der Waals surface area (Å²) >= 11 is 6.00. The van der Waals surface area contributed by atoms with Gasteiger partial charge in [0.25, 0.3) is 0 Å². The average molecular weight is 425 g/mol. The summed E-state index contributed by atoms with van der Waals surface area (Å²) in [6.45, 7) is 7.95. The van der Waals surface area contributed by atoms with Crippen LogP contribution < -0.4 is 5.32 Å². The molecule has 5 nitrogen and oxygen atoms in total. The normalized spacial score (nSPS) is 15.2. The van der Waals surface area contributed by atoms with Crippen molar-refractivity contribution in [3.05, 3.63) is 81.6 Å². The molecule has 0 radical (unpaired) electrons. The van der Waals surface area contributed by atoms with Crippen LogP contribution in [-0.2, 0) is 19.5 Å². The number of hydrogen-bond acceptors (Lipinski definition) is 4. The lowest BCUT2D eigenvalue weighted by molar-refractivity contribution is 0.104. The number of aliphatic hydroxyl groups excluding tert-OH is 1. The highest BCUT2D eigenvalue weighted by atomic mass is 35.5. The second-order valence-electron chi connectivity index (χ2n) is 8.08. The first-order chi connectivity index (χ1) is 14.5. The molecule has 1 aliphatic rings. The van der Waals surface area contributed by atoms with Gasteiger partial charge in [0, 0.05) is 49.0 Å². The van der Waals surface area contributed by atoms with Crippen LogP contribution in [0.2, 0.25) is 5.02 Å². The summed E-state index contributed by atoms with van der Waals surface area (Å²) in [6.07, 6.45) is 0.653. The van der Waals surface area contributed by atoms with Crippen LogP contribution in [0.25, 0.3) is 5.69 Å². The van der Waals surface area contributed by atoms with Crippen LogP contribution in [0, 0.1) is 13.8 Å². The maximum atomic E-state index is 10.5. The topological polar surface area (TPSA) is 53.3 Å². The zero-order valence-electron chi connectivity index (χ0n) is 17.6. The second-order valence-corrected chi connectivity index (χ2v) is 8.51. The van der Waals surface area contributed by atoms with E-state index in [1.165, 1.54) is 16.7 Å². The highest BCUT2D eigenvalue weighted by Crippen LogP contribution is 2.20. The van der Waals surface area contributed by atoms with Crippen LogP contribution in [0.1, 0.15) is 28.1 Å². The van der Waals surface area contributed by atoms with Crippen LogP contribution in [0.3, 0.4) is 0 Å². The number of aryl methyl sites for hydroxylation is 1. The Bertz CT molecular complexity index is 999. The zero-order chi connectivity index (χ0) is 21.1. The molecule has 1 atom stereocenters. The van der Waals surface area contributed by atoms with E-state index in [0.29, 0.717) is 24.7 Å². The summed E-state index contributed by atoms with van der Waals surface area (Å²) in [5.74, 6) is 0. The first kappa shape index (κ1) is 21.1. The van der Waals surface area contributed by atoms with Crippen LogP contribution >= 0.6 is 11.6 Å². The smallest absolute Gasteiger partial charge is 0.0791 e. The summed E-state index contributed by atoms with van der Waals surface area (Å²) in [5.41, 5.74) is 7.08. The van der Waals surface area contributed by atoms with Gasteiger partial charge in [-0.25, -0.2) is 4.68 Å². The van der Waals surface area contributed by atoms with Crippen molar-refractivity contribution in [2.24, 2.45) is 0 Å². The number of aromatic nitrogens is 2. The Morgan fingerprint density at radius 2 is 1.83 bits per heavy atom. The molecule has 158 valence electrons. The van der Waals surface area contributed by atoms with Gasteiger partial charge in [0.05, 0.1) is 17.5 Å². The Balaban J connectivity index is 1.31. The van der Waals surface area contributed by atoms with Crippen molar-refractivity contribution in [2.45, 2.75) is 39.5 Å². The van der Waals surface area contributed by atoms with E-state index in [9.17, 15) is 5.11 Å². The molecular formula is C24H29ClN4O. The molecule has 2 N–H and O–H groups in total. The van der Waals surface area contributed by atoms with Gasteiger partial charge in [0.2, 0.25) is 0 Å². The number of rotatable bonds is 7. The largest absolute Gasteiger partial charge is 0.390 e. The van der Waals surface area contributed by atoms with Crippen molar-refractivity contribution in [2.75, 3.05) is 19.6 Å². The lowest BCUT2D eigenvalue weighted by atomic mass is 10.00. The zero-order valence-corrected chi connectivity index (χ0v) is 18.4. The molecule has 2 aromatic carbocycles. The van der Waals surface area contributed by atoms with Crippen molar-refractivity contribution in [3.63, 3.8) is 0 Å². The Morgan fingerprint density at radius 1 is 1.10 bits per heavy atom. The molecule has 0 bridgehead atoms. The SMILES string of the molecule is Cc1nn(-c2ccc(Cl)cc2)c(C)c1CNCC(O)CN1CCc2ccccc2C1. The monoisotopic (exact) mass is 424 g/mol. The molecule has 1 aromatic heterocycles. The lowest BCUT2D eigenvalue weighted by Crippen LogP contribution is -2.40. The standard InChI is InChI=1S/C24H29ClN4O/c1-17-24(18(2)29(27-17)22-9-7-21(25)8-10-22)14-26-13-23(30)16-28-12-11-19-5-3-4-6-20(19)15-28/h3-10,23,26,30H,11-16H2,1-2H3. The van der Waals surface area contributed by atoms with Crippen molar-refractivity contribution in [1.82, 2.24) is 20.0 Å². The molecule has 0 spiro atoms. The van der Waals surface area contributed by atoms with E-state index >= 15 is 0 Å². The quantitative estimate of drug-likeness (QED) is 0.607. The first-order valence-corrected chi connectivity index (χ1v) is 10.9. The average Bonchev–Trinajstić information content (AvgIpc) is 3.02. The third kappa shape index (κ3) is 4.76. The van der Waals surface area contributed by atoms with Gasteiger partial charge in [-0.1, -0.05) is 35.9 Å². The summed E-state index contributed by atoms with van der Waals surface area (Å²) in [5, 5.41) is 19.4. The molecule has 0 fully saturated rings. The lowest BCUT2D eigenvalue weighted by Gasteiger charge is -2.30. The van der Waals surface area contributed by atoms with Crippen molar-refractivity contribution in [3.8, 4) is 5.69 Å². The minimum atomic E-state index is -0.401. The number of nitrogens with zero attached hydrogens (tertiary/aromatic N) is 3. The second kappa shape index (κ2) is 9.31. The number of nitrogens with one attached hydrogen (secondary N) is 1. The number of fused-ring (bicyclic) bond motifs is 1. The number of halogens is 1. The van der Waals surface area contributed by atoms with Crippen LogP contribution in [-0.4, -0.2) is 45.5 Å². The predicted octanol–water partition coefficient (Wildman–Crippen LogP) is 3.65. The van der Waals surface area contributed by atoms with Gasteiger partial charge in [-0.05, 0) is 55.7 Å². The van der Waals surface area contributed by atoms with Crippen LogP contribution in [0.5, 0.6) is 0 Å². The van der Waals surface area contributed by atoms with E-state index in [1.54, 1.807) is 0 Å². The molecule has 4 rings (SSSR count). The van der Waals surface area contributed by atoms with Gasteiger partial charge < -0.3 is 10.4 Å². The molecule has 0 aliphatic carbocycles. The van der Waals surface area contributed by atoms with E-state index in [-0.39, 0.29) is 0 Å². The summed E-state index contributed by atoms with van der Waals surface area (Å²) in [4.78, 5) is 2.34. The van der Waals surface area contributed by atoms with E-state index < -0.39 is 6.10 Å². The molecule has 6 heteroatoms. The molecule has 0 saturated carbocycles. The molecule has 3 aromatic rings. The van der Waals surface area contributed by atoms with E-state index in [4.69, 9.17) is 11.6 Å². The maximum Gasteiger partial charge on any atom is 0.0791 e. The van der Waals surface area contributed by atoms with Crippen LogP contribution in [0.15, 0.2) is 48.5 Å². The molecule has 1 unspecified atom stereocenters. The molecule has 1 aliphatic heterocycles. The van der Waals surface area contributed by atoms with Crippen molar-refractivity contribution < 1.29 is 5.11 Å². The number of hydrogen-bond donors (Lipinski definition) is 2. The van der Waals surface area contributed by atoms with Gasteiger partial charge >= 0.3 is 0 Å². The molecule has 0 amide bonds. The summed E-state index contributed by atoms with van der Waals surface area (Å²) in [7, 11) is 0. The van der Waals surface area contributed by atoms with Gasteiger partial charge in [-0.3, -0.25) is 4.90 Å². The minimum absolute atomic E-state index is 0.401. The van der Waals surface area contributed by atoms with Gasteiger partial charge in [-0.2, -0.15) is 5.10 Å². The van der Waals surface area contributed by atoms with Crippen molar-refractivity contribution in [1.29, 1.82) is 0 Å². The number of benzene rings is 2. The summed E-state index contributed by atoms with van der Waals surface area (Å²) in [6, 6.07) is 16.3. The molecule has 0 saturated heterocycles. The predicted molar refractivity (Wildman–Crippen MR) is 121 cm³/mol. The van der Waals surface area contributed by atoms with E-state index in [1.807, 2.05) is 35.9 Å². The van der Waals surface area contributed by atoms with E-state index in [0.717, 1.165) is 36.6 Å². The van der Waals surface area contributed by atoms with E-state index in [2.05, 4.69) is 46.5 Å². The first-order valence-electron chi connectivity index (χ1n) is 10.5. The Labute approximate surface area is 183 Å². The number of β-amino-alcohol motifs (C(OH)–C–C–N with tert-alkyl or cyclic N) is 1. The molecular weight excluding hydrogens is 396 g/mol. The Morgan fingerprint density at radius 3 is 2.60 bits per heavy atom. The number of aliphatic hydroxyl groups is 1. The third-order valence-corrected chi connectivity index (χ3v) is 6.12. The Hall–Kier alpha value is -2.18. The maximum absolute atomic E-state index is 10.5. The van der Waals surface area contributed by atoms with Gasteiger partial charge in [0.1, 0.15) is 0 Å². The Kier molecular flexibility index (Phi) is 6.54. The van der Waals surface area contributed by atoms with Gasteiger partial charge in [-0.15, -0.1) is 0 Å². The fraction of sp³-hybridized carbons (Fsp3) is 0.375. The van der Waals surface area contributed by atoms with Crippen molar-refractivity contribution >= 4 is 11.6 Å². The minimum Gasteiger partial charge on any atom is -0.390 e. The molecule has 2 heterocycles. The molecule has 30 heavy (non-hydrogen) atoms. The fourth-order valence-electron chi connectivity index (χ4n) is 4.20. The van der Waals surface area contributed by atoms with Crippen LogP contribution in [0.4, 0.5) is 0 Å². The van der Waals surface area contributed by atoms with Gasteiger partial charge in [0.15, 0.2) is 0 Å². The fourth-order valence-corrected chi connectivity index (χ4v) is 4.33. The highest BCUT2D eigenvalue weighted by molar-refractivity contribution is 6.30.